The van der Waals surface area contributed by atoms with Gasteiger partial charge in [0.1, 0.15) is 5.82 Å². The first-order valence-electron chi connectivity index (χ1n) is 7.95. The molecule has 3 rings (SSSR count). The van der Waals surface area contributed by atoms with Crippen LogP contribution in [0.15, 0.2) is 36.5 Å². The first kappa shape index (κ1) is 18.0. The zero-order valence-corrected chi connectivity index (χ0v) is 15.0. The maximum atomic E-state index is 4.72. The summed E-state index contributed by atoms with van der Waals surface area (Å²) in [6.07, 6.45) is 1.81. The van der Waals surface area contributed by atoms with Gasteiger partial charge in [-0.1, -0.05) is 30.3 Å². The predicted molar refractivity (Wildman–Crippen MR) is 101 cm³/mol. The van der Waals surface area contributed by atoms with Gasteiger partial charge in [-0.15, -0.1) is 12.4 Å². The van der Waals surface area contributed by atoms with Gasteiger partial charge in [-0.2, -0.15) is 15.1 Å². The minimum atomic E-state index is 0. The normalized spacial score (nSPS) is 10.5. The molecule has 24 heavy (non-hydrogen) atoms. The van der Waals surface area contributed by atoms with Crippen molar-refractivity contribution in [2.24, 2.45) is 7.05 Å². The molecule has 0 aliphatic heterocycles. The van der Waals surface area contributed by atoms with Crippen LogP contribution in [-0.2, 0) is 13.6 Å². The van der Waals surface area contributed by atoms with Crippen molar-refractivity contribution >= 4 is 35.2 Å². The van der Waals surface area contributed by atoms with Gasteiger partial charge in [-0.25, -0.2) is 0 Å². The number of fused-ring (bicyclic) bond motifs is 1. The molecule has 0 aliphatic carbocycles. The Bertz CT molecular complexity index is 782. The van der Waals surface area contributed by atoms with E-state index < -0.39 is 0 Å². The SMILES string of the molecule is CCN(CC)c1nc(NCc2ccccc2)c2cnn(C)c2n1.Cl. The van der Waals surface area contributed by atoms with Crippen LogP contribution in [-0.4, -0.2) is 32.8 Å². The van der Waals surface area contributed by atoms with Crippen LogP contribution < -0.4 is 10.2 Å². The van der Waals surface area contributed by atoms with E-state index in [0.717, 1.165) is 42.4 Å². The number of nitrogens with one attached hydrogen (secondary N) is 1. The summed E-state index contributed by atoms with van der Waals surface area (Å²) in [7, 11) is 1.91. The fourth-order valence-electron chi connectivity index (χ4n) is 2.57. The topological polar surface area (TPSA) is 58.9 Å². The Labute approximate surface area is 148 Å². The summed E-state index contributed by atoms with van der Waals surface area (Å²) in [5.41, 5.74) is 2.06. The Hall–Kier alpha value is -2.34. The molecule has 0 radical (unpaired) electrons. The minimum Gasteiger partial charge on any atom is -0.365 e. The number of hydrogen-bond acceptors (Lipinski definition) is 5. The molecule has 0 saturated carbocycles. The standard InChI is InChI=1S/C17H22N6.ClH/c1-4-23(5-2)17-20-15(14-12-19-22(3)16(14)21-17)18-11-13-9-7-6-8-10-13;/h6-10,12H,4-5,11H2,1-3H3,(H,18,20,21);1H. The van der Waals surface area contributed by atoms with E-state index in [1.807, 2.05) is 31.4 Å². The third-order valence-electron chi connectivity index (χ3n) is 3.93. The molecule has 6 nitrogen and oxygen atoms in total. The van der Waals surface area contributed by atoms with Gasteiger partial charge in [-0.3, -0.25) is 4.68 Å². The second-order valence-electron chi connectivity index (χ2n) is 5.39. The van der Waals surface area contributed by atoms with Gasteiger partial charge in [0, 0.05) is 26.7 Å². The van der Waals surface area contributed by atoms with E-state index in [-0.39, 0.29) is 12.4 Å². The van der Waals surface area contributed by atoms with E-state index in [2.05, 4.69) is 46.3 Å². The van der Waals surface area contributed by atoms with Crippen LogP contribution in [0.2, 0.25) is 0 Å². The average Bonchev–Trinajstić information content (AvgIpc) is 2.96. The summed E-state index contributed by atoms with van der Waals surface area (Å²) in [4.78, 5) is 11.5. The predicted octanol–water partition coefficient (Wildman–Crippen LogP) is 3.24. The van der Waals surface area contributed by atoms with Gasteiger partial charge in [-0.05, 0) is 19.4 Å². The summed E-state index contributed by atoms with van der Waals surface area (Å²) in [6.45, 7) is 6.68. The number of aryl methyl sites for hydroxylation is 1. The van der Waals surface area contributed by atoms with Gasteiger partial charge in [0.15, 0.2) is 5.65 Å². The summed E-state index contributed by atoms with van der Waals surface area (Å²) in [5, 5.41) is 8.69. The number of rotatable bonds is 6. The van der Waals surface area contributed by atoms with Crippen molar-refractivity contribution in [2.45, 2.75) is 20.4 Å². The molecule has 2 aromatic heterocycles. The van der Waals surface area contributed by atoms with Crippen molar-refractivity contribution in [1.29, 1.82) is 0 Å². The second-order valence-corrected chi connectivity index (χ2v) is 5.39. The number of benzene rings is 1. The molecule has 1 aromatic carbocycles. The quantitative estimate of drug-likeness (QED) is 0.742. The van der Waals surface area contributed by atoms with Crippen molar-refractivity contribution in [1.82, 2.24) is 19.7 Å². The molecule has 0 saturated heterocycles. The highest BCUT2D eigenvalue weighted by Gasteiger charge is 2.14. The van der Waals surface area contributed by atoms with Crippen molar-refractivity contribution in [3.8, 4) is 0 Å². The number of hydrogen-bond donors (Lipinski definition) is 1. The van der Waals surface area contributed by atoms with Crippen LogP contribution in [0, 0.1) is 0 Å². The van der Waals surface area contributed by atoms with E-state index in [0.29, 0.717) is 0 Å². The largest absolute Gasteiger partial charge is 0.365 e. The summed E-state index contributed by atoms with van der Waals surface area (Å²) in [5.74, 6) is 1.57. The smallest absolute Gasteiger partial charge is 0.229 e. The maximum Gasteiger partial charge on any atom is 0.229 e. The molecule has 0 unspecified atom stereocenters. The van der Waals surface area contributed by atoms with E-state index in [9.17, 15) is 0 Å². The molecule has 0 aliphatic rings. The fourth-order valence-corrected chi connectivity index (χ4v) is 2.57. The molecule has 0 atom stereocenters. The monoisotopic (exact) mass is 346 g/mol. The molecule has 128 valence electrons. The minimum absolute atomic E-state index is 0. The highest BCUT2D eigenvalue weighted by atomic mass is 35.5. The summed E-state index contributed by atoms with van der Waals surface area (Å²) in [6, 6.07) is 10.3. The lowest BCUT2D eigenvalue weighted by Crippen LogP contribution is -2.24. The highest BCUT2D eigenvalue weighted by Crippen LogP contribution is 2.23. The van der Waals surface area contributed by atoms with Gasteiger partial charge in [0.2, 0.25) is 5.95 Å². The first-order valence-corrected chi connectivity index (χ1v) is 7.95. The molecular formula is C17H23ClN6. The van der Waals surface area contributed by atoms with Crippen LogP contribution in [0.5, 0.6) is 0 Å². The Kier molecular flexibility index (Phi) is 5.98. The number of halogens is 1. The first-order chi connectivity index (χ1) is 11.2. The molecule has 7 heteroatoms. The molecule has 0 spiro atoms. The van der Waals surface area contributed by atoms with Crippen molar-refractivity contribution in [3.05, 3.63) is 42.1 Å². The van der Waals surface area contributed by atoms with Crippen LogP contribution in [0.25, 0.3) is 11.0 Å². The Morgan fingerprint density at radius 1 is 1.08 bits per heavy atom. The lowest BCUT2D eigenvalue weighted by atomic mass is 10.2. The van der Waals surface area contributed by atoms with Crippen LogP contribution in [0.3, 0.4) is 0 Å². The van der Waals surface area contributed by atoms with E-state index in [1.54, 1.807) is 4.68 Å². The maximum absolute atomic E-state index is 4.72. The van der Waals surface area contributed by atoms with Gasteiger partial charge in [0.05, 0.1) is 11.6 Å². The van der Waals surface area contributed by atoms with Crippen LogP contribution in [0.1, 0.15) is 19.4 Å². The van der Waals surface area contributed by atoms with E-state index in [4.69, 9.17) is 4.98 Å². The Balaban J connectivity index is 0.00000208. The van der Waals surface area contributed by atoms with Gasteiger partial charge in [0.25, 0.3) is 0 Å². The zero-order chi connectivity index (χ0) is 16.2. The fraction of sp³-hybridized carbons (Fsp3) is 0.353. The summed E-state index contributed by atoms with van der Waals surface area (Å²) < 4.78 is 1.79. The van der Waals surface area contributed by atoms with Crippen molar-refractivity contribution in [2.75, 3.05) is 23.3 Å². The number of anilines is 2. The van der Waals surface area contributed by atoms with Gasteiger partial charge < -0.3 is 10.2 Å². The Morgan fingerprint density at radius 2 is 1.79 bits per heavy atom. The Morgan fingerprint density at radius 3 is 2.46 bits per heavy atom. The van der Waals surface area contributed by atoms with Crippen LogP contribution >= 0.6 is 12.4 Å². The van der Waals surface area contributed by atoms with E-state index >= 15 is 0 Å². The molecule has 0 bridgehead atoms. The molecule has 3 aromatic rings. The van der Waals surface area contributed by atoms with Gasteiger partial charge >= 0.3 is 0 Å². The molecule has 2 heterocycles. The third kappa shape index (κ3) is 3.59. The summed E-state index contributed by atoms with van der Waals surface area (Å²) >= 11 is 0. The van der Waals surface area contributed by atoms with Crippen molar-refractivity contribution < 1.29 is 0 Å². The lowest BCUT2D eigenvalue weighted by Gasteiger charge is -2.19. The second kappa shape index (κ2) is 7.97. The van der Waals surface area contributed by atoms with Crippen LogP contribution in [0.4, 0.5) is 11.8 Å². The molecule has 1 N–H and O–H groups in total. The third-order valence-corrected chi connectivity index (χ3v) is 3.93. The number of nitrogens with zero attached hydrogens (tertiary/aromatic N) is 5. The van der Waals surface area contributed by atoms with Crippen molar-refractivity contribution in [3.63, 3.8) is 0 Å². The molecule has 0 fully saturated rings. The average molecular weight is 347 g/mol. The lowest BCUT2D eigenvalue weighted by molar-refractivity contribution is 0.776. The van der Waals surface area contributed by atoms with E-state index in [1.165, 1.54) is 5.56 Å². The zero-order valence-electron chi connectivity index (χ0n) is 14.2. The highest BCUT2D eigenvalue weighted by molar-refractivity contribution is 5.87. The number of aromatic nitrogens is 4. The molecule has 0 amide bonds. The molecular weight excluding hydrogens is 324 g/mol.